The highest BCUT2D eigenvalue weighted by Gasteiger charge is 2.14. The molecule has 0 fully saturated rings. The molecule has 0 unspecified atom stereocenters. The number of amides is 2. The molecule has 2 rings (SSSR count). The van der Waals surface area contributed by atoms with E-state index in [-0.39, 0.29) is 11.3 Å². The van der Waals surface area contributed by atoms with Gasteiger partial charge in [-0.25, -0.2) is 0 Å². The molecule has 0 atom stereocenters. The van der Waals surface area contributed by atoms with E-state index in [1.165, 1.54) is 0 Å². The second-order valence-corrected chi connectivity index (χ2v) is 6.86. The van der Waals surface area contributed by atoms with Crippen molar-refractivity contribution in [3.8, 4) is 5.75 Å². The molecule has 136 valence electrons. The van der Waals surface area contributed by atoms with Gasteiger partial charge in [0.05, 0.1) is 0 Å². The van der Waals surface area contributed by atoms with Crippen molar-refractivity contribution >= 4 is 11.8 Å². The van der Waals surface area contributed by atoms with Crippen LogP contribution in [0, 0.1) is 0 Å². The zero-order valence-electron chi connectivity index (χ0n) is 15.3. The van der Waals surface area contributed by atoms with Crippen LogP contribution in [0.5, 0.6) is 5.75 Å². The highest BCUT2D eigenvalue weighted by Crippen LogP contribution is 2.22. The first-order valence-corrected chi connectivity index (χ1v) is 8.36. The average Bonchev–Trinajstić information content (AvgIpc) is 2.64. The first-order valence-electron chi connectivity index (χ1n) is 8.36. The molecule has 5 heteroatoms. The average molecular weight is 352 g/mol. The maximum Gasteiger partial charge on any atom is 0.269 e. The number of hydrogen-bond donors (Lipinski definition) is 2. The Hall–Kier alpha value is -3.08. The molecule has 2 amide bonds. The molecule has 0 spiro atoms. The van der Waals surface area contributed by atoms with Crippen molar-refractivity contribution in [2.45, 2.75) is 26.2 Å². The third-order valence-corrected chi connectivity index (χ3v) is 3.79. The van der Waals surface area contributed by atoms with Crippen molar-refractivity contribution in [1.29, 1.82) is 0 Å². The molecule has 0 aliphatic carbocycles. The van der Waals surface area contributed by atoms with Gasteiger partial charge in [0.25, 0.3) is 11.8 Å². The molecule has 0 saturated heterocycles. The Balaban J connectivity index is 1.92. The minimum Gasteiger partial charge on any atom is -0.490 e. The van der Waals surface area contributed by atoms with E-state index in [1.54, 1.807) is 42.5 Å². The molecule has 0 aliphatic heterocycles. The van der Waals surface area contributed by atoms with Crippen LogP contribution in [0.15, 0.2) is 61.2 Å². The number of benzene rings is 2. The van der Waals surface area contributed by atoms with Crippen LogP contribution in [0.3, 0.4) is 0 Å². The van der Waals surface area contributed by atoms with Gasteiger partial charge in [-0.2, -0.15) is 0 Å². The summed E-state index contributed by atoms with van der Waals surface area (Å²) in [5.41, 5.74) is 6.88. The maximum absolute atomic E-state index is 12.2. The number of hydrazine groups is 1. The molecule has 0 aromatic heterocycles. The van der Waals surface area contributed by atoms with Crippen LogP contribution < -0.4 is 15.6 Å². The smallest absolute Gasteiger partial charge is 0.269 e. The van der Waals surface area contributed by atoms with Crippen molar-refractivity contribution in [3.05, 3.63) is 77.9 Å². The van der Waals surface area contributed by atoms with Crippen molar-refractivity contribution in [1.82, 2.24) is 10.9 Å². The van der Waals surface area contributed by atoms with Crippen LogP contribution in [-0.2, 0) is 5.41 Å². The third kappa shape index (κ3) is 5.21. The highest BCUT2D eigenvalue weighted by molar-refractivity contribution is 5.99. The van der Waals surface area contributed by atoms with Gasteiger partial charge in [0, 0.05) is 11.1 Å². The summed E-state index contributed by atoms with van der Waals surface area (Å²) in [6.45, 7) is 10.3. The minimum atomic E-state index is -0.403. The van der Waals surface area contributed by atoms with Crippen LogP contribution in [0.2, 0.25) is 0 Å². The molecule has 2 aromatic carbocycles. The monoisotopic (exact) mass is 352 g/mol. The lowest BCUT2D eigenvalue weighted by Gasteiger charge is -2.19. The van der Waals surface area contributed by atoms with E-state index in [4.69, 9.17) is 4.74 Å². The summed E-state index contributed by atoms with van der Waals surface area (Å²) in [6, 6.07) is 13.9. The van der Waals surface area contributed by atoms with Crippen molar-refractivity contribution in [3.63, 3.8) is 0 Å². The fourth-order valence-electron chi connectivity index (χ4n) is 2.24. The van der Waals surface area contributed by atoms with Gasteiger partial charge in [0.2, 0.25) is 0 Å². The van der Waals surface area contributed by atoms with Crippen LogP contribution in [-0.4, -0.2) is 18.4 Å². The second kappa shape index (κ2) is 8.34. The number of carbonyl (C=O) groups is 2. The molecule has 2 N–H and O–H groups in total. The maximum atomic E-state index is 12.2. The molecular formula is C21H24N2O3. The highest BCUT2D eigenvalue weighted by atomic mass is 16.5. The summed E-state index contributed by atoms with van der Waals surface area (Å²) >= 11 is 0. The summed E-state index contributed by atoms with van der Waals surface area (Å²) in [4.78, 5) is 24.3. The fraction of sp³-hybridized carbons (Fsp3) is 0.238. The van der Waals surface area contributed by atoms with E-state index in [0.717, 1.165) is 5.56 Å². The molecule has 0 radical (unpaired) electrons. The number of carbonyl (C=O) groups excluding carboxylic acids is 2. The quantitative estimate of drug-likeness (QED) is 0.638. The summed E-state index contributed by atoms with van der Waals surface area (Å²) in [5.74, 6) is -0.130. The van der Waals surface area contributed by atoms with Crippen molar-refractivity contribution in [2.75, 3.05) is 6.61 Å². The Morgan fingerprint density at radius 2 is 1.38 bits per heavy atom. The largest absolute Gasteiger partial charge is 0.490 e. The first-order chi connectivity index (χ1) is 12.3. The minimum absolute atomic E-state index is 0.0186. The third-order valence-electron chi connectivity index (χ3n) is 3.79. The molecule has 0 saturated carbocycles. The number of rotatable bonds is 5. The van der Waals surface area contributed by atoms with E-state index in [2.05, 4.69) is 38.2 Å². The Morgan fingerprint density at radius 3 is 1.81 bits per heavy atom. The van der Waals surface area contributed by atoms with E-state index >= 15 is 0 Å². The van der Waals surface area contributed by atoms with Gasteiger partial charge in [-0.15, -0.1) is 0 Å². The Morgan fingerprint density at radius 1 is 0.923 bits per heavy atom. The van der Waals surface area contributed by atoms with Gasteiger partial charge >= 0.3 is 0 Å². The lowest BCUT2D eigenvalue weighted by molar-refractivity contribution is 0.0846. The number of hydrogen-bond acceptors (Lipinski definition) is 3. The predicted octanol–water partition coefficient (Wildman–Crippen LogP) is 3.62. The van der Waals surface area contributed by atoms with Gasteiger partial charge in [0.15, 0.2) is 0 Å². The first kappa shape index (κ1) is 19.2. The molecule has 26 heavy (non-hydrogen) atoms. The van der Waals surface area contributed by atoms with Gasteiger partial charge < -0.3 is 4.74 Å². The summed E-state index contributed by atoms with van der Waals surface area (Å²) in [7, 11) is 0. The molecule has 0 heterocycles. The van der Waals surface area contributed by atoms with E-state index < -0.39 is 5.91 Å². The van der Waals surface area contributed by atoms with E-state index in [9.17, 15) is 9.59 Å². The van der Waals surface area contributed by atoms with Crippen LogP contribution in [0.25, 0.3) is 0 Å². The SMILES string of the molecule is C=CCOc1ccc(C(=O)NNC(=O)c2ccc(C(C)(C)C)cc2)cc1. The van der Waals surface area contributed by atoms with E-state index in [0.29, 0.717) is 23.5 Å². The Labute approximate surface area is 154 Å². The van der Waals surface area contributed by atoms with Gasteiger partial charge in [-0.1, -0.05) is 45.6 Å². The van der Waals surface area contributed by atoms with Crippen LogP contribution in [0.1, 0.15) is 47.1 Å². The van der Waals surface area contributed by atoms with Gasteiger partial charge in [0.1, 0.15) is 12.4 Å². The normalized spacial score (nSPS) is 10.7. The summed E-state index contributed by atoms with van der Waals surface area (Å²) in [6.07, 6.45) is 1.64. The van der Waals surface area contributed by atoms with Gasteiger partial charge in [-0.3, -0.25) is 20.4 Å². The molecule has 5 nitrogen and oxygen atoms in total. The standard InChI is InChI=1S/C21H24N2O3/c1-5-14-26-18-12-8-16(9-13-18)20(25)23-22-19(24)15-6-10-17(11-7-15)21(2,3)4/h5-13H,1,14H2,2-4H3,(H,22,24)(H,23,25). The number of nitrogens with one attached hydrogen (secondary N) is 2. The van der Waals surface area contributed by atoms with E-state index in [1.807, 2.05) is 12.1 Å². The van der Waals surface area contributed by atoms with Crippen molar-refractivity contribution < 1.29 is 14.3 Å². The molecule has 0 bridgehead atoms. The molecule has 2 aromatic rings. The second-order valence-electron chi connectivity index (χ2n) is 6.86. The Kier molecular flexibility index (Phi) is 6.17. The topological polar surface area (TPSA) is 67.4 Å². The lowest BCUT2D eigenvalue weighted by atomic mass is 9.87. The predicted molar refractivity (Wildman–Crippen MR) is 102 cm³/mol. The van der Waals surface area contributed by atoms with Gasteiger partial charge in [-0.05, 0) is 47.4 Å². The molecular weight excluding hydrogens is 328 g/mol. The Bertz CT molecular complexity index is 772. The van der Waals surface area contributed by atoms with Crippen molar-refractivity contribution in [2.24, 2.45) is 0 Å². The van der Waals surface area contributed by atoms with Crippen LogP contribution >= 0.6 is 0 Å². The summed E-state index contributed by atoms with van der Waals surface area (Å²) < 4.78 is 5.36. The zero-order valence-corrected chi connectivity index (χ0v) is 15.3. The summed E-state index contributed by atoms with van der Waals surface area (Å²) in [5, 5.41) is 0. The fourth-order valence-corrected chi connectivity index (χ4v) is 2.24. The van der Waals surface area contributed by atoms with Crippen LogP contribution in [0.4, 0.5) is 0 Å². The number of ether oxygens (including phenoxy) is 1. The zero-order chi connectivity index (χ0) is 19.2. The molecule has 0 aliphatic rings. The lowest BCUT2D eigenvalue weighted by Crippen LogP contribution is -2.41.